The predicted molar refractivity (Wildman–Crippen MR) is 260 cm³/mol. The number of likely N-dealkylation sites (tertiary alicyclic amines) is 1. The van der Waals surface area contributed by atoms with Gasteiger partial charge in [-0.1, -0.05) is 123 Å². The van der Waals surface area contributed by atoms with Gasteiger partial charge in [-0.2, -0.15) is 0 Å². The molecule has 10 nitrogen and oxygen atoms in total. The van der Waals surface area contributed by atoms with Crippen molar-refractivity contribution in [1.82, 2.24) is 10.2 Å². The first-order valence-electron chi connectivity index (χ1n) is 26.1. The molecule has 1 aliphatic heterocycles. The van der Waals surface area contributed by atoms with E-state index in [9.17, 15) is 14.4 Å². The Balaban J connectivity index is 2.84. The third-order valence-electron chi connectivity index (χ3n) is 12.0. The summed E-state index contributed by atoms with van der Waals surface area (Å²) in [5.74, 6) is -0.0808. The number of carbonyl (C=O) groups is 3. The summed E-state index contributed by atoms with van der Waals surface area (Å²) in [6.07, 6.45) is 36.9. The number of amides is 1. The van der Waals surface area contributed by atoms with Gasteiger partial charge in [0.25, 0.3) is 0 Å². The lowest BCUT2D eigenvalue weighted by atomic mass is 9.88. The molecule has 1 radical (unpaired) electrons. The molecule has 0 spiro atoms. The van der Waals surface area contributed by atoms with Crippen LogP contribution in [0.5, 0.6) is 0 Å². The minimum Gasteiger partial charge on any atom is -0.465 e. The molecule has 367 valence electrons. The highest BCUT2D eigenvalue weighted by Gasteiger charge is 2.22. The Bertz CT molecular complexity index is 1100. The van der Waals surface area contributed by atoms with Crippen molar-refractivity contribution in [2.24, 2.45) is 11.8 Å². The summed E-state index contributed by atoms with van der Waals surface area (Å²) in [5.41, 5.74) is 0. The molecule has 0 saturated carbocycles. The maximum Gasteiger partial charge on any atom is 0.407 e. The van der Waals surface area contributed by atoms with Crippen LogP contribution in [-0.4, -0.2) is 87.9 Å². The standard InChI is InChI=1S/C53H97N2O8/c1-6-11-16-20-22-28-43-59-52(60-44-29-23-21-17-12-7-2)38-37-51(57)62-46-48(34-33-47(30-15-10-5)31-24-18-13-8-3)45-61-50(56)36-35-49(32-25-19-14-9-4)63-53(58)54-39-42-55-40-26-27-41-55/h8,11-12,16-17,47-49,52H,6-7,9-10,13-15,18-46H2,1-5H3,(H,54,58)/b16-11-,17-12-. The summed E-state index contributed by atoms with van der Waals surface area (Å²) >= 11 is 0. The van der Waals surface area contributed by atoms with Crippen LogP contribution < -0.4 is 5.32 Å². The summed E-state index contributed by atoms with van der Waals surface area (Å²) in [6, 6.07) is 0. The van der Waals surface area contributed by atoms with Crippen molar-refractivity contribution in [2.45, 2.75) is 227 Å². The first-order valence-corrected chi connectivity index (χ1v) is 26.1. The van der Waals surface area contributed by atoms with Crippen LogP contribution in [0.3, 0.4) is 0 Å². The van der Waals surface area contributed by atoms with Gasteiger partial charge in [0, 0.05) is 45.1 Å². The SMILES string of the molecule is C[CH]CCCCC(CCCC)CCC(COC(=O)CCC(CCCCCC)OC(=O)NCCN1CCCC1)COC(=O)CCC(OCCCC/C=C\CC)OCCCC/C=C\CC. The summed E-state index contributed by atoms with van der Waals surface area (Å²) in [6.45, 7) is 16.0. The minimum atomic E-state index is -0.447. The number of rotatable bonds is 44. The number of unbranched alkanes of at least 4 members (excludes halogenated alkanes) is 11. The molecule has 10 heteroatoms. The minimum absolute atomic E-state index is 0.0970. The van der Waals surface area contributed by atoms with Crippen molar-refractivity contribution >= 4 is 18.0 Å². The van der Waals surface area contributed by atoms with Crippen LogP contribution in [0.1, 0.15) is 214 Å². The highest BCUT2D eigenvalue weighted by molar-refractivity contribution is 5.70. The van der Waals surface area contributed by atoms with E-state index in [0.29, 0.717) is 38.5 Å². The maximum absolute atomic E-state index is 13.2. The van der Waals surface area contributed by atoms with Gasteiger partial charge in [0.2, 0.25) is 0 Å². The molecule has 1 fully saturated rings. The number of hydrogen-bond donors (Lipinski definition) is 1. The number of ether oxygens (including phenoxy) is 5. The molecule has 1 amide bonds. The number of allylic oxidation sites excluding steroid dienone is 4. The van der Waals surface area contributed by atoms with Gasteiger partial charge in [-0.15, -0.1) is 0 Å². The highest BCUT2D eigenvalue weighted by Crippen LogP contribution is 2.25. The average molecular weight is 890 g/mol. The lowest BCUT2D eigenvalue weighted by Gasteiger charge is -2.22. The lowest BCUT2D eigenvalue weighted by molar-refractivity contribution is -0.161. The van der Waals surface area contributed by atoms with E-state index in [2.05, 4.69) is 75.6 Å². The van der Waals surface area contributed by atoms with Crippen LogP contribution in [0.4, 0.5) is 4.79 Å². The molecule has 1 saturated heterocycles. The first kappa shape index (κ1) is 58.6. The Labute approximate surface area is 387 Å². The molecule has 1 N–H and O–H groups in total. The Kier molecular flexibility index (Phi) is 40.4. The van der Waals surface area contributed by atoms with Crippen LogP contribution in [0, 0.1) is 18.3 Å². The van der Waals surface area contributed by atoms with Crippen LogP contribution in [0.15, 0.2) is 24.3 Å². The van der Waals surface area contributed by atoms with Crippen LogP contribution in [-0.2, 0) is 33.3 Å². The normalized spacial score (nSPS) is 14.8. The van der Waals surface area contributed by atoms with Gasteiger partial charge in [0.05, 0.1) is 19.6 Å². The zero-order valence-electron chi connectivity index (χ0n) is 41.4. The maximum atomic E-state index is 13.2. The van der Waals surface area contributed by atoms with Crippen molar-refractivity contribution in [3.05, 3.63) is 30.7 Å². The van der Waals surface area contributed by atoms with E-state index in [4.69, 9.17) is 23.7 Å². The molecule has 1 aliphatic rings. The zero-order valence-corrected chi connectivity index (χ0v) is 41.4. The third kappa shape index (κ3) is 36.5. The molecule has 0 aromatic heterocycles. The Hall–Kier alpha value is -2.43. The van der Waals surface area contributed by atoms with Gasteiger partial charge in [-0.3, -0.25) is 9.59 Å². The highest BCUT2D eigenvalue weighted by atomic mass is 16.7. The van der Waals surface area contributed by atoms with Gasteiger partial charge >= 0.3 is 18.0 Å². The molecule has 0 aromatic carbocycles. The second-order valence-corrected chi connectivity index (χ2v) is 17.9. The topological polar surface area (TPSA) is 113 Å². The smallest absolute Gasteiger partial charge is 0.407 e. The quantitative estimate of drug-likeness (QED) is 0.0210. The molecule has 63 heavy (non-hydrogen) atoms. The van der Waals surface area contributed by atoms with Gasteiger partial charge in [0.1, 0.15) is 6.10 Å². The molecule has 3 atom stereocenters. The monoisotopic (exact) mass is 890 g/mol. The molecule has 1 rings (SSSR count). The van der Waals surface area contributed by atoms with Crippen LogP contribution in [0.2, 0.25) is 0 Å². The second-order valence-electron chi connectivity index (χ2n) is 17.9. The molecule has 0 bridgehead atoms. The summed E-state index contributed by atoms with van der Waals surface area (Å²) in [4.78, 5) is 41.6. The first-order chi connectivity index (χ1) is 30.8. The van der Waals surface area contributed by atoms with Crippen molar-refractivity contribution in [1.29, 1.82) is 0 Å². The number of nitrogens with one attached hydrogen (secondary N) is 1. The van der Waals surface area contributed by atoms with Crippen molar-refractivity contribution in [2.75, 3.05) is 52.6 Å². The number of nitrogens with zero attached hydrogens (tertiary/aromatic N) is 1. The predicted octanol–water partition coefficient (Wildman–Crippen LogP) is 13.4. The Morgan fingerprint density at radius 2 is 1.16 bits per heavy atom. The Morgan fingerprint density at radius 1 is 0.587 bits per heavy atom. The molecule has 3 unspecified atom stereocenters. The van der Waals surface area contributed by atoms with E-state index < -0.39 is 12.4 Å². The molecule has 0 aromatic rings. The van der Waals surface area contributed by atoms with E-state index in [1.807, 2.05) is 0 Å². The van der Waals surface area contributed by atoms with Crippen LogP contribution >= 0.6 is 0 Å². The van der Waals surface area contributed by atoms with Crippen molar-refractivity contribution < 1.29 is 38.1 Å². The Morgan fingerprint density at radius 3 is 1.76 bits per heavy atom. The molecular formula is C53H97N2O8. The lowest BCUT2D eigenvalue weighted by Crippen LogP contribution is -2.35. The number of hydrogen-bond acceptors (Lipinski definition) is 9. The average Bonchev–Trinajstić information content (AvgIpc) is 3.81. The van der Waals surface area contributed by atoms with Crippen molar-refractivity contribution in [3.8, 4) is 0 Å². The van der Waals surface area contributed by atoms with Crippen LogP contribution in [0.25, 0.3) is 0 Å². The van der Waals surface area contributed by atoms with E-state index in [1.165, 1.54) is 51.4 Å². The fourth-order valence-electron chi connectivity index (χ4n) is 7.99. The second kappa shape index (κ2) is 43.5. The fraction of sp³-hybridized carbons (Fsp3) is 0.849. The third-order valence-corrected chi connectivity index (χ3v) is 12.0. The fourth-order valence-corrected chi connectivity index (χ4v) is 7.99. The summed E-state index contributed by atoms with van der Waals surface area (Å²) in [5, 5.41) is 2.92. The largest absolute Gasteiger partial charge is 0.465 e. The summed E-state index contributed by atoms with van der Waals surface area (Å²) < 4.78 is 30.0. The van der Waals surface area contributed by atoms with Gasteiger partial charge in [-0.05, 0) is 122 Å². The van der Waals surface area contributed by atoms with Crippen molar-refractivity contribution in [3.63, 3.8) is 0 Å². The van der Waals surface area contributed by atoms with E-state index in [1.54, 1.807) is 0 Å². The number of alkyl carbamates (subject to hydrolysis) is 1. The molecule has 0 aliphatic carbocycles. The van der Waals surface area contributed by atoms with Gasteiger partial charge < -0.3 is 33.9 Å². The van der Waals surface area contributed by atoms with E-state index in [0.717, 1.165) is 122 Å². The van der Waals surface area contributed by atoms with Gasteiger partial charge in [0.15, 0.2) is 6.29 Å². The number of esters is 2. The number of carbonyl (C=O) groups excluding carboxylic acids is 3. The summed E-state index contributed by atoms with van der Waals surface area (Å²) in [7, 11) is 0. The van der Waals surface area contributed by atoms with Gasteiger partial charge in [-0.25, -0.2) is 4.79 Å². The van der Waals surface area contributed by atoms with E-state index in [-0.39, 0.29) is 50.0 Å². The molecular weight excluding hydrogens is 793 g/mol. The zero-order chi connectivity index (χ0) is 45.9. The van der Waals surface area contributed by atoms with E-state index >= 15 is 0 Å². The molecule has 1 heterocycles.